The van der Waals surface area contributed by atoms with Crippen molar-refractivity contribution in [1.82, 2.24) is 9.80 Å². The van der Waals surface area contributed by atoms with Crippen LogP contribution in [0.3, 0.4) is 0 Å². The minimum Gasteiger partial charge on any atom is -0.480 e. The summed E-state index contributed by atoms with van der Waals surface area (Å²) in [5.74, 6) is -0.872. The van der Waals surface area contributed by atoms with Crippen molar-refractivity contribution in [3.8, 4) is 0 Å². The zero-order chi connectivity index (χ0) is 19.6. The van der Waals surface area contributed by atoms with E-state index in [1.807, 2.05) is 29.3 Å². The number of alkyl halides is 3. The highest BCUT2D eigenvalue weighted by Gasteiger charge is 2.34. The quantitative estimate of drug-likeness (QED) is 0.829. The fourth-order valence-electron chi connectivity index (χ4n) is 3.55. The average Bonchev–Trinajstić information content (AvgIpc) is 3.11. The predicted octanol–water partition coefficient (Wildman–Crippen LogP) is 3.95. The highest BCUT2D eigenvalue weighted by atomic mass is 32.1. The minimum atomic E-state index is -4.39. The molecule has 0 saturated carbocycles. The lowest BCUT2D eigenvalue weighted by atomic mass is 9.99. The van der Waals surface area contributed by atoms with Gasteiger partial charge in [0.05, 0.1) is 18.2 Å². The number of benzene rings is 1. The standard InChI is InChI=1S/C19H21F3N2O2S/c1-13-11-24(8-7-23(13)12-17(25)26)18(16-6-3-9-27-16)14-4-2-5-15(10-14)19(20,21)22/h2-6,9-10,13,18H,7-8,11-12H2,1H3,(H,25,26). The highest BCUT2D eigenvalue weighted by Crippen LogP contribution is 2.36. The summed E-state index contributed by atoms with van der Waals surface area (Å²) in [4.78, 5) is 16.0. The van der Waals surface area contributed by atoms with Gasteiger partial charge in [-0.1, -0.05) is 18.2 Å². The molecule has 1 fully saturated rings. The van der Waals surface area contributed by atoms with Crippen molar-refractivity contribution < 1.29 is 23.1 Å². The maximum Gasteiger partial charge on any atom is 0.416 e. The molecule has 1 aliphatic heterocycles. The molecule has 2 aromatic rings. The smallest absolute Gasteiger partial charge is 0.416 e. The zero-order valence-electron chi connectivity index (χ0n) is 14.8. The Morgan fingerprint density at radius 2 is 2.07 bits per heavy atom. The van der Waals surface area contributed by atoms with E-state index in [1.54, 1.807) is 6.07 Å². The predicted molar refractivity (Wildman–Crippen MR) is 97.8 cm³/mol. The van der Waals surface area contributed by atoms with Crippen LogP contribution in [0.1, 0.15) is 29.0 Å². The molecule has 1 aromatic heterocycles. The molecule has 1 saturated heterocycles. The molecule has 0 amide bonds. The summed E-state index contributed by atoms with van der Waals surface area (Å²) in [7, 11) is 0. The Bertz CT molecular complexity index is 780. The maximum absolute atomic E-state index is 13.2. The summed E-state index contributed by atoms with van der Waals surface area (Å²) in [5.41, 5.74) is -0.0507. The molecule has 0 aliphatic carbocycles. The van der Waals surface area contributed by atoms with E-state index in [0.29, 0.717) is 25.2 Å². The van der Waals surface area contributed by atoms with Gasteiger partial charge in [0.2, 0.25) is 0 Å². The van der Waals surface area contributed by atoms with Gasteiger partial charge in [0.15, 0.2) is 0 Å². The van der Waals surface area contributed by atoms with Crippen molar-refractivity contribution in [1.29, 1.82) is 0 Å². The van der Waals surface area contributed by atoms with Crippen LogP contribution in [0.5, 0.6) is 0 Å². The van der Waals surface area contributed by atoms with Crippen LogP contribution >= 0.6 is 11.3 Å². The Kier molecular flexibility index (Phi) is 5.88. The van der Waals surface area contributed by atoms with Gasteiger partial charge in [-0.05, 0) is 36.1 Å². The van der Waals surface area contributed by atoms with Crippen LogP contribution in [0.15, 0.2) is 41.8 Å². The van der Waals surface area contributed by atoms with Gasteiger partial charge in [-0.25, -0.2) is 0 Å². The second kappa shape index (κ2) is 8.00. The van der Waals surface area contributed by atoms with Gasteiger partial charge in [0.1, 0.15) is 0 Å². The summed E-state index contributed by atoms with van der Waals surface area (Å²) < 4.78 is 39.5. The molecule has 4 nitrogen and oxygen atoms in total. The van der Waals surface area contributed by atoms with E-state index in [2.05, 4.69) is 4.90 Å². The van der Waals surface area contributed by atoms with Crippen LogP contribution in [-0.4, -0.2) is 53.1 Å². The van der Waals surface area contributed by atoms with E-state index in [1.165, 1.54) is 23.5 Å². The van der Waals surface area contributed by atoms with Crippen LogP contribution in [0.4, 0.5) is 13.2 Å². The van der Waals surface area contributed by atoms with Crippen molar-refractivity contribution in [2.45, 2.75) is 25.2 Å². The number of carboxylic acids is 1. The first-order valence-electron chi connectivity index (χ1n) is 8.66. The number of aliphatic carboxylic acids is 1. The molecule has 0 radical (unpaired) electrons. The first kappa shape index (κ1) is 19.9. The van der Waals surface area contributed by atoms with Gasteiger partial charge in [-0.15, -0.1) is 11.3 Å². The average molecular weight is 398 g/mol. The Labute approximate surface area is 159 Å². The summed E-state index contributed by atoms with van der Waals surface area (Å²) >= 11 is 1.51. The minimum absolute atomic E-state index is 0.00288. The zero-order valence-corrected chi connectivity index (χ0v) is 15.6. The second-order valence-electron chi connectivity index (χ2n) is 6.75. The van der Waals surface area contributed by atoms with E-state index in [4.69, 9.17) is 5.11 Å². The third-order valence-electron chi connectivity index (χ3n) is 4.84. The summed E-state index contributed by atoms with van der Waals surface area (Å²) in [5, 5.41) is 11.0. The van der Waals surface area contributed by atoms with E-state index < -0.39 is 17.7 Å². The van der Waals surface area contributed by atoms with Gasteiger partial charge in [-0.3, -0.25) is 14.6 Å². The normalized spacial score (nSPS) is 20.5. The lowest BCUT2D eigenvalue weighted by Crippen LogP contribution is -2.54. The van der Waals surface area contributed by atoms with Crippen molar-refractivity contribution >= 4 is 17.3 Å². The first-order valence-corrected chi connectivity index (χ1v) is 9.54. The van der Waals surface area contributed by atoms with Crippen molar-refractivity contribution in [3.63, 3.8) is 0 Å². The summed E-state index contributed by atoms with van der Waals surface area (Å²) in [6.07, 6.45) is -4.39. The van der Waals surface area contributed by atoms with E-state index in [9.17, 15) is 18.0 Å². The van der Waals surface area contributed by atoms with Gasteiger partial charge in [0, 0.05) is 30.6 Å². The monoisotopic (exact) mass is 398 g/mol. The van der Waals surface area contributed by atoms with Crippen LogP contribution in [0.2, 0.25) is 0 Å². The molecule has 146 valence electrons. The molecule has 3 rings (SSSR count). The molecule has 1 N–H and O–H groups in total. The largest absolute Gasteiger partial charge is 0.480 e. The first-order chi connectivity index (χ1) is 12.8. The van der Waals surface area contributed by atoms with Crippen LogP contribution in [0.25, 0.3) is 0 Å². The van der Waals surface area contributed by atoms with Gasteiger partial charge < -0.3 is 5.11 Å². The molecule has 0 spiro atoms. The molecule has 1 aliphatic rings. The van der Waals surface area contributed by atoms with E-state index in [-0.39, 0.29) is 18.6 Å². The molecule has 2 unspecified atom stereocenters. The number of rotatable bonds is 5. The fourth-order valence-corrected chi connectivity index (χ4v) is 4.44. The van der Waals surface area contributed by atoms with Crippen molar-refractivity contribution in [2.24, 2.45) is 0 Å². The molecule has 27 heavy (non-hydrogen) atoms. The molecular formula is C19H21F3N2O2S. The Morgan fingerprint density at radius 1 is 1.30 bits per heavy atom. The van der Waals surface area contributed by atoms with Crippen LogP contribution in [0, 0.1) is 0 Å². The molecular weight excluding hydrogens is 377 g/mol. The number of carboxylic acid groups (broad SMARTS) is 1. The Hall–Kier alpha value is -1.90. The topological polar surface area (TPSA) is 43.8 Å². The van der Waals surface area contributed by atoms with Gasteiger partial charge in [-0.2, -0.15) is 13.2 Å². The SMILES string of the molecule is CC1CN(C(c2cccc(C(F)(F)F)c2)c2cccs2)CCN1CC(=O)O. The van der Waals surface area contributed by atoms with Gasteiger partial charge >= 0.3 is 12.1 Å². The summed E-state index contributed by atoms with van der Waals surface area (Å²) in [6, 6.07) is 9.04. The third kappa shape index (κ3) is 4.69. The number of halogens is 3. The van der Waals surface area contributed by atoms with Gasteiger partial charge in [0.25, 0.3) is 0 Å². The number of piperazine rings is 1. The van der Waals surface area contributed by atoms with E-state index in [0.717, 1.165) is 10.9 Å². The Balaban J connectivity index is 1.89. The molecule has 2 atom stereocenters. The fraction of sp³-hybridized carbons (Fsp3) is 0.421. The van der Waals surface area contributed by atoms with Crippen molar-refractivity contribution in [3.05, 3.63) is 57.8 Å². The van der Waals surface area contributed by atoms with Crippen molar-refractivity contribution in [2.75, 3.05) is 26.2 Å². The Morgan fingerprint density at radius 3 is 2.67 bits per heavy atom. The lowest BCUT2D eigenvalue weighted by molar-refractivity contribution is -0.139. The molecule has 8 heteroatoms. The molecule has 1 aromatic carbocycles. The molecule has 2 heterocycles. The highest BCUT2D eigenvalue weighted by molar-refractivity contribution is 7.10. The number of thiophene rings is 1. The number of hydrogen-bond acceptors (Lipinski definition) is 4. The number of hydrogen-bond donors (Lipinski definition) is 1. The maximum atomic E-state index is 13.2. The van der Waals surface area contributed by atoms with E-state index >= 15 is 0 Å². The summed E-state index contributed by atoms with van der Waals surface area (Å²) in [6.45, 7) is 3.67. The lowest BCUT2D eigenvalue weighted by Gasteiger charge is -2.42. The molecule has 0 bridgehead atoms. The van der Waals surface area contributed by atoms with Crippen LogP contribution < -0.4 is 0 Å². The third-order valence-corrected chi connectivity index (χ3v) is 5.77. The van der Waals surface area contributed by atoms with Crippen LogP contribution in [-0.2, 0) is 11.0 Å². The second-order valence-corrected chi connectivity index (χ2v) is 7.73. The number of carbonyl (C=O) groups is 1. The number of nitrogens with zero attached hydrogens (tertiary/aromatic N) is 2.